The Hall–Kier alpha value is -4.78. The van der Waals surface area contributed by atoms with E-state index in [9.17, 15) is 14.7 Å². The number of aryl methyl sites for hydroxylation is 1. The zero-order valence-corrected chi connectivity index (χ0v) is 26.0. The average Bonchev–Trinajstić information content (AvgIpc) is 3.51. The van der Waals surface area contributed by atoms with Crippen LogP contribution in [0, 0.1) is 6.92 Å². The molecule has 0 spiro atoms. The average molecular weight is 602 g/mol. The molecule has 13 nitrogen and oxygen atoms in total. The van der Waals surface area contributed by atoms with Gasteiger partial charge in [0.05, 0.1) is 24.2 Å². The standard InChI is InChI=1S/C31H39N9O4/c1-8-24(41)34-21-14-22(28(44-7)36-27(21)39(6)16-19-10-9-13-38(19)5)35-30-32-15-20(29(42)43)26(37-30)40-17-31(3,4)25-23(40)12-11-18(2)33-25/h8,11-12,14-15,19H,1,9-10,13,16-17H2,2-7H3,(H,34,41)(H,42,43)(H,32,35,37)/t19-/m0/s1. The number of nitrogens with one attached hydrogen (secondary N) is 2. The van der Waals surface area contributed by atoms with Crippen molar-refractivity contribution < 1.29 is 19.4 Å². The number of ether oxygens (including phenoxy) is 1. The van der Waals surface area contributed by atoms with E-state index < -0.39 is 5.97 Å². The number of carbonyl (C=O) groups excluding carboxylic acids is 1. The van der Waals surface area contributed by atoms with Crippen molar-refractivity contribution in [3.63, 3.8) is 0 Å². The van der Waals surface area contributed by atoms with Crippen LogP contribution >= 0.6 is 0 Å². The summed E-state index contributed by atoms with van der Waals surface area (Å²) in [6, 6.07) is 5.89. The summed E-state index contributed by atoms with van der Waals surface area (Å²) < 4.78 is 5.65. The van der Waals surface area contributed by atoms with E-state index in [0.29, 0.717) is 36.3 Å². The first-order chi connectivity index (χ1) is 20.9. The Bertz CT molecular complexity index is 1610. The molecule has 5 rings (SSSR count). The number of aromatic nitrogens is 4. The van der Waals surface area contributed by atoms with Gasteiger partial charge in [-0.05, 0) is 57.6 Å². The van der Waals surface area contributed by atoms with Gasteiger partial charge in [-0.3, -0.25) is 9.78 Å². The molecule has 0 radical (unpaired) electrons. The Morgan fingerprint density at radius 3 is 2.68 bits per heavy atom. The Balaban J connectivity index is 1.53. The summed E-state index contributed by atoms with van der Waals surface area (Å²) >= 11 is 0. The first-order valence-electron chi connectivity index (χ1n) is 14.5. The van der Waals surface area contributed by atoms with Crippen molar-refractivity contribution in [2.24, 2.45) is 0 Å². The third kappa shape index (κ3) is 6.00. The maximum Gasteiger partial charge on any atom is 0.341 e. The summed E-state index contributed by atoms with van der Waals surface area (Å²) in [5.41, 5.74) is 3.00. The molecule has 13 heteroatoms. The van der Waals surface area contributed by atoms with Crippen molar-refractivity contribution in [1.82, 2.24) is 24.8 Å². The minimum Gasteiger partial charge on any atom is -0.479 e. The maximum atomic E-state index is 12.4. The molecule has 5 heterocycles. The number of carboxylic acid groups (broad SMARTS) is 1. The number of anilines is 6. The molecule has 0 saturated carbocycles. The highest BCUT2D eigenvalue weighted by molar-refractivity contribution is 6.01. The molecular formula is C31H39N9O4. The fourth-order valence-electron chi connectivity index (χ4n) is 5.83. The van der Waals surface area contributed by atoms with Crippen LogP contribution in [-0.4, -0.2) is 88.7 Å². The van der Waals surface area contributed by atoms with E-state index in [1.165, 1.54) is 19.4 Å². The lowest BCUT2D eigenvalue weighted by Crippen LogP contribution is -2.37. The lowest BCUT2D eigenvalue weighted by Gasteiger charge is -2.28. The lowest BCUT2D eigenvalue weighted by atomic mass is 9.91. The number of amides is 1. The number of methoxy groups -OCH3 is 1. The Kier molecular flexibility index (Phi) is 8.42. The largest absolute Gasteiger partial charge is 0.479 e. The van der Waals surface area contributed by atoms with Crippen LogP contribution in [0.1, 0.15) is 48.4 Å². The highest BCUT2D eigenvalue weighted by Crippen LogP contribution is 2.44. The molecule has 0 bridgehead atoms. The van der Waals surface area contributed by atoms with Gasteiger partial charge in [-0.1, -0.05) is 20.4 Å². The molecule has 3 aromatic heterocycles. The smallest absolute Gasteiger partial charge is 0.341 e. The van der Waals surface area contributed by atoms with Gasteiger partial charge in [-0.25, -0.2) is 9.78 Å². The SMILES string of the molecule is C=CC(=O)Nc1cc(Nc2ncc(C(=O)O)c(N3CC(C)(C)c4nc(C)ccc43)n2)c(OC)nc1N(C)C[C@@H]1CCCN1C. The number of likely N-dealkylation sites (N-methyl/N-ethyl adjacent to an activating group) is 2. The van der Waals surface area contributed by atoms with Gasteiger partial charge >= 0.3 is 5.97 Å². The van der Waals surface area contributed by atoms with Crippen molar-refractivity contribution in [3.05, 3.63) is 54.0 Å². The lowest BCUT2D eigenvalue weighted by molar-refractivity contribution is -0.111. The highest BCUT2D eigenvalue weighted by atomic mass is 16.5. The summed E-state index contributed by atoms with van der Waals surface area (Å²) in [4.78, 5) is 49.3. The molecule has 3 N–H and O–H groups in total. The number of fused-ring (bicyclic) bond motifs is 1. The van der Waals surface area contributed by atoms with Crippen LogP contribution in [0.5, 0.6) is 5.88 Å². The number of aromatic carboxylic acids is 1. The number of likely N-dealkylation sites (tertiary alicyclic amines) is 1. The fraction of sp³-hybridized carbons (Fsp3) is 0.419. The Morgan fingerprint density at radius 2 is 2.02 bits per heavy atom. The van der Waals surface area contributed by atoms with Crippen molar-refractivity contribution >= 4 is 46.5 Å². The summed E-state index contributed by atoms with van der Waals surface area (Å²) in [5, 5.41) is 16.0. The van der Waals surface area contributed by atoms with E-state index in [1.54, 1.807) is 6.07 Å². The van der Waals surface area contributed by atoms with E-state index in [4.69, 9.17) is 14.7 Å². The number of hydrogen-bond acceptors (Lipinski definition) is 11. The molecule has 1 saturated heterocycles. The van der Waals surface area contributed by atoms with Crippen molar-refractivity contribution in [1.29, 1.82) is 0 Å². The molecule has 0 aliphatic carbocycles. The van der Waals surface area contributed by atoms with Gasteiger partial charge < -0.3 is 35.2 Å². The number of rotatable bonds is 10. The molecule has 2 aliphatic heterocycles. The number of carbonyl (C=O) groups is 2. The topological polar surface area (TPSA) is 149 Å². The molecular weight excluding hydrogens is 562 g/mol. The van der Waals surface area contributed by atoms with Crippen LogP contribution in [0.2, 0.25) is 0 Å². The van der Waals surface area contributed by atoms with E-state index in [1.807, 2.05) is 35.9 Å². The summed E-state index contributed by atoms with van der Waals surface area (Å²) in [6.07, 6.45) is 4.68. The van der Waals surface area contributed by atoms with Gasteiger partial charge in [0.2, 0.25) is 17.7 Å². The van der Waals surface area contributed by atoms with E-state index in [2.05, 4.69) is 53.0 Å². The van der Waals surface area contributed by atoms with Gasteiger partial charge in [0.1, 0.15) is 11.3 Å². The normalized spacial score (nSPS) is 17.2. The number of carboxylic acids is 1. The number of hydrogen-bond donors (Lipinski definition) is 3. The van der Waals surface area contributed by atoms with E-state index in [-0.39, 0.29) is 34.5 Å². The second-order valence-electron chi connectivity index (χ2n) is 11.9. The van der Waals surface area contributed by atoms with Crippen molar-refractivity contribution in [2.75, 3.05) is 61.3 Å². The van der Waals surface area contributed by atoms with Crippen LogP contribution in [0.4, 0.5) is 34.6 Å². The van der Waals surface area contributed by atoms with Gasteiger partial charge in [-0.15, -0.1) is 0 Å². The molecule has 2 aliphatic rings. The number of pyridine rings is 2. The second-order valence-corrected chi connectivity index (χ2v) is 11.9. The van der Waals surface area contributed by atoms with E-state index in [0.717, 1.165) is 36.5 Å². The Morgan fingerprint density at radius 1 is 1.25 bits per heavy atom. The predicted octanol–water partition coefficient (Wildman–Crippen LogP) is 4.11. The summed E-state index contributed by atoms with van der Waals surface area (Å²) in [6.45, 7) is 11.9. The van der Waals surface area contributed by atoms with Crippen molar-refractivity contribution in [3.8, 4) is 5.88 Å². The third-order valence-corrected chi connectivity index (χ3v) is 8.12. The zero-order chi connectivity index (χ0) is 31.8. The molecule has 1 amide bonds. The molecule has 232 valence electrons. The minimum atomic E-state index is -1.15. The highest BCUT2D eigenvalue weighted by Gasteiger charge is 2.39. The fourth-order valence-corrected chi connectivity index (χ4v) is 5.83. The maximum absolute atomic E-state index is 12.4. The van der Waals surface area contributed by atoms with Gasteiger partial charge in [0.25, 0.3) is 0 Å². The van der Waals surface area contributed by atoms with Crippen LogP contribution in [0.25, 0.3) is 0 Å². The Labute approximate surface area is 257 Å². The van der Waals surface area contributed by atoms with Crippen LogP contribution in [0.3, 0.4) is 0 Å². The van der Waals surface area contributed by atoms with Gasteiger partial charge in [0, 0.05) is 43.5 Å². The molecule has 1 fully saturated rings. The molecule has 44 heavy (non-hydrogen) atoms. The zero-order valence-electron chi connectivity index (χ0n) is 26.0. The van der Waals surface area contributed by atoms with Gasteiger partial charge in [-0.2, -0.15) is 9.97 Å². The third-order valence-electron chi connectivity index (χ3n) is 8.12. The summed E-state index contributed by atoms with van der Waals surface area (Å²) in [5.74, 6) is -0.388. The first kappa shape index (κ1) is 30.7. The molecule has 1 atom stereocenters. The second kappa shape index (κ2) is 12.1. The molecule has 3 aromatic rings. The quantitative estimate of drug-likeness (QED) is 0.287. The summed E-state index contributed by atoms with van der Waals surface area (Å²) in [7, 11) is 5.54. The van der Waals surface area contributed by atoms with Crippen LogP contribution in [0.15, 0.2) is 37.1 Å². The number of nitrogens with zero attached hydrogens (tertiary/aromatic N) is 7. The van der Waals surface area contributed by atoms with Crippen LogP contribution in [-0.2, 0) is 10.2 Å². The van der Waals surface area contributed by atoms with Gasteiger partial charge in [0.15, 0.2) is 11.6 Å². The predicted molar refractivity (Wildman–Crippen MR) is 170 cm³/mol. The first-order valence-corrected chi connectivity index (χ1v) is 14.5. The minimum absolute atomic E-state index is 0.0438. The van der Waals surface area contributed by atoms with E-state index >= 15 is 0 Å². The van der Waals surface area contributed by atoms with Crippen LogP contribution < -0.4 is 25.2 Å². The molecule has 0 aromatic carbocycles. The monoisotopic (exact) mass is 601 g/mol. The molecule has 0 unspecified atom stereocenters. The van der Waals surface area contributed by atoms with Crippen molar-refractivity contribution in [2.45, 2.75) is 45.1 Å².